The van der Waals surface area contributed by atoms with Crippen molar-refractivity contribution in [1.82, 2.24) is 5.32 Å². The van der Waals surface area contributed by atoms with Crippen LogP contribution in [0.1, 0.15) is 6.92 Å². The molecule has 5 aliphatic heterocycles. The number of hydrogen-bond donors (Lipinski definition) is 18. The third-order valence-corrected chi connectivity index (χ3v) is 11.4. The van der Waals surface area contributed by atoms with E-state index in [4.69, 9.17) is 42.6 Å². The molecule has 18 N–H and O–H groups in total. The number of aliphatic hydroxyl groups excluding tert-OH is 15. The Labute approximate surface area is 355 Å². The molecule has 0 aliphatic carbocycles. The minimum atomic E-state index is -5.32. The average molecular weight is 950 g/mol. The van der Waals surface area contributed by atoms with Crippen molar-refractivity contribution in [3.05, 3.63) is 0 Å². The molecule has 25 atom stereocenters. The molecule has 0 spiro atoms. The molecule has 30 nitrogen and oxygen atoms in total. The molecule has 5 fully saturated rings. The SMILES string of the molecule is CC(=O)N[C@@H]1[C@@H](O)[C@H](O)[C@@H](CO[C@@H]2O[C@@H]([C@H](O)CO)[C@H](O)[C@H]2O[C@H]2O[C@H](CO)[C@@H](O)[C@H](O[C@@H]3O[C@@H]([C@H](O)CO)[C@H](O[C@@H]4O[C@H](CO)[C@H](OP(=O)(O)O)[C@H](O)[C@H]4O)[C@H]3O)[C@H]2O)O[C@@H]1O. The lowest BCUT2D eigenvalue weighted by atomic mass is 9.97. The van der Waals surface area contributed by atoms with E-state index < -0.39 is 200 Å². The monoisotopic (exact) mass is 949 g/mol. The predicted octanol–water partition coefficient (Wildman–Crippen LogP) is -11.7. The van der Waals surface area contributed by atoms with Gasteiger partial charge >= 0.3 is 7.82 Å². The largest absolute Gasteiger partial charge is 0.470 e. The molecule has 0 saturated carbocycles. The van der Waals surface area contributed by atoms with Crippen LogP contribution in [0.25, 0.3) is 0 Å². The number of phosphoric ester groups is 1. The maximum atomic E-state index is 11.5. The second-order valence-electron chi connectivity index (χ2n) is 15.3. The van der Waals surface area contributed by atoms with Gasteiger partial charge in [0.25, 0.3) is 0 Å². The molecule has 5 aliphatic rings. The number of carbonyl (C=O) groups excluding carboxylic acids is 1. The summed E-state index contributed by atoms with van der Waals surface area (Å²) < 4.78 is 65.9. The molecule has 0 unspecified atom stereocenters. The van der Waals surface area contributed by atoms with Gasteiger partial charge in [0.1, 0.15) is 122 Å². The van der Waals surface area contributed by atoms with Crippen molar-refractivity contribution in [3.8, 4) is 0 Å². The van der Waals surface area contributed by atoms with Crippen molar-refractivity contribution in [1.29, 1.82) is 0 Å². The Balaban J connectivity index is 1.32. The van der Waals surface area contributed by atoms with Crippen LogP contribution >= 0.6 is 7.82 Å². The number of aliphatic hydroxyl groups is 15. The average Bonchev–Trinajstić information content (AvgIpc) is 3.71. The van der Waals surface area contributed by atoms with E-state index in [2.05, 4.69) is 9.84 Å². The summed E-state index contributed by atoms with van der Waals surface area (Å²) in [6, 6.07) is -1.45. The summed E-state index contributed by atoms with van der Waals surface area (Å²) >= 11 is 0. The van der Waals surface area contributed by atoms with Crippen molar-refractivity contribution < 1.29 is 143 Å². The first kappa shape index (κ1) is 52.6. The van der Waals surface area contributed by atoms with Crippen LogP contribution in [0.3, 0.4) is 0 Å². The van der Waals surface area contributed by atoms with Crippen molar-refractivity contribution in [2.45, 2.75) is 160 Å². The Bertz CT molecular complexity index is 1500. The van der Waals surface area contributed by atoms with Gasteiger partial charge in [-0.05, 0) is 0 Å². The zero-order chi connectivity index (χ0) is 46.8. The summed E-state index contributed by atoms with van der Waals surface area (Å²) in [5.74, 6) is -0.670. The quantitative estimate of drug-likeness (QED) is 0.0567. The van der Waals surface area contributed by atoms with E-state index in [1.807, 2.05) is 0 Å². The normalized spacial score (nSPS) is 47.0. The number of phosphoric acid groups is 1. The Hall–Kier alpha value is -1.38. The van der Waals surface area contributed by atoms with Crippen LogP contribution in [-0.2, 0) is 56.5 Å². The number of nitrogens with one attached hydrogen (secondary N) is 1. The predicted molar refractivity (Wildman–Crippen MR) is 189 cm³/mol. The number of hydrogen-bond acceptors (Lipinski definition) is 27. The molecule has 368 valence electrons. The van der Waals surface area contributed by atoms with E-state index in [9.17, 15) is 95.7 Å². The standard InChI is InChI=1S/C32H56NO29P/c1-7(38)33-13-16(43)14(41)12(54-28(13)49)6-53-32-27(19(46)22(57-32)8(39)2-34)61-30-20(47)25(15(42)10(4-36)55-30)59-31-21(48)26(23(58-31)9(40)3-35)60-29-18(45)17(44)24(11(5-37)56-29)62-63(50,51)52/h8-32,34-37,39-49H,2-6H2,1H3,(H,33,38)(H2,50,51,52)/t8-,9-,10-,11-,12-,13-,14-,15-,16-,17-,18-,19+,20-,21-,22+,23+,24+,25+,26-,27-,28+,29+,30-,31+,32-/m1/s1. The van der Waals surface area contributed by atoms with Crippen molar-refractivity contribution in [3.63, 3.8) is 0 Å². The van der Waals surface area contributed by atoms with Gasteiger partial charge in [-0.15, -0.1) is 0 Å². The first-order valence-electron chi connectivity index (χ1n) is 19.4. The van der Waals surface area contributed by atoms with Gasteiger partial charge in [0.2, 0.25) is 5.91 Å². The minimum absolute atomic E-state index is 0.670. The van der Waals surface area contributed by atoms with E-state index in [0.29, 0.717) is 0 Å². The van der Waals surface area contributed by atoms with E-state index in [1.165, 1.54) is 0 Å². The molecule has 5 rings (SSSR count). The highest BCUT2D eigenvalue weighted by Gasteiger charge is 2.58. The van der Waals surface area contributed by atoms with Gasteiger partial charge < -0.3 is 134 Å². The summed E-state index contributed by atoms with van der Waals surface area (Å²) in [5.41, 5.74) is 0. The van der Waals surface area contributed by atoms with Gasteiger partial charge in [-0.2, -0.15) is 0 Å². The highest BCUT2D eigenvalue weighted by Crippen LogP contribution is 2.42. The molecule has 0 aromatic heterocycles. The first-order chi connectivity index (χ1) is 29.6. The van der Waals surface area contributed by atoms with Gasteiger partial charge in [0.05, 0.1) is 33.0 Å². The van der Waals surface area contributed by atoms with Crippen LogP contribution in [0.15, 0.2) is 0 Å². The lowest BCUT2D eigenvalue weighted by Crippen LogP contribution is -2.64. The van der Waals surface area contributed by atoms with Crippen LogP contribution in [-0.4, -0.2) is 279 Å². The van der Waals surface area contributed by atoms with Crippen molar-refractivity contribution in [2.75, 3.05) is 33.0 Å². The molecule has 0 aromatic carbocycles. The molecule has 0 bridgehead atoms. The molecule has 5 heterocycles. The molecule has 63 heavy (non-hydrogen) atoms. The molecule has 5 saturated heterocycles. The first-order valence-corrected chi connectivity index (χ1v) is 20.9. The Morgan fingerprint density at radius 1 is 0.571 bits per heavy atom. The maximum Gasteiger partial charge on any atom is 0.470 e. The van der Waals surface area contributed by atoms with Crippen LogP contribution in [0, 0.1) is 0 Å². The van der Waals surface area contributed by atoms with Crippen molar-refractivity contribution in [2.24, 2.45) is 0 Å². The summed E-state index contributed by atoms with van der Waals surface area (Å²) in [5, 5.41) is 160. The lowest BCUT2D eigenvalue weighted by Gasteiger charge is -2.44. The molecular weight excluding hydrogens is 893 g/mol. The minimum Gasteiger partial charge on any atom is -0.394 e. The third kappa shape index (κ3) is 11.8. The fraction of sp³-hybridized carbons (Fsp3) is 0.969. The number of amides is 1. The van der Waals surface area contributed by atoms with Gasteiger partial charge in [-0.25, -0.2) is 4.57 Å². The Kier molecular flexibility index (Phi) is 18.5. The maximum absolute atomic E-state index is 11.5. The number of rotatable bonds is 18. The fourth-order valence-electron chi connectivity index (χ4n) is 7.62. The highest BCUT2D eigenvalue weighted by atomic mass is 31.2. The van der Waals surface area contributed by atoms with Gasteiger partial charge in [0, 0.05) is 6.92 Å². The number of ether oxygens (including phenoxy) is 9. The molecule has 1 amide bonds. The van der Waals surface area contributed by atoms with Crippen LogP contribution in [0.4, 0.5) is 0 Å². The van der Waals surface area contributed by atoms with Crippen molar-refractivity contribution >= 4 is 13.7 Å². The Morgan fingerprint density at radius 3 is 1.68 bits per heavy atom. The van der Waals surface area contributed by atoms with Gasteiger partial charge in [0.15, 0.2) is 31.5 Å². The molecule has 0 aromatic rings. The highest BCUT2D eigenvalue weighted by molar-refractivity contribution is 7.46. The summed E-state index contributed by atoms with van der Waals surface area (Å²) in [7, 11) is -5.32. The topological polar surface area (TPSA) is 482 Å². The Morgan fingerprint density at radius 2 is 1.10 bits per heavy atom. The zero-order valence-electron chi connectivity index (χ0n) is 32.9. The van der Waals surface area contributed by atoms with Gasteiger partial charge in [-0.3, -0.25) is 9.32 Å². The lowest BCUT2D eigenvalue weighted by molar-refractivity contribution is -0.349. The summed E-state index contributed by atoms with van der Waals surface area (Å²) in [6.45, 7) is -3.76. The summed E-state index contributed by atoms with van der Waals surface area (Å²) in [4.78, 5) is 29.9. The van der Waals surface area contributed by atoms with E-state index in [1.54, 1.807) is 0 Å². The van der Waals surface area contributed by atoms with Crippen LogP contribution in [0.2, 0.25) is 0 Å². The summed E-state index contributed by atoms with van der Waals surface area (Å²) in [6.07, 6.45) is -46.0. The smallest absolute Gasteiger partial charge is 0.394 e. The van der Waals surface area contributed by atoms with E-state index in [-0.39, 0.29) is 0 Å². The number of carbonyl (C=O) groups is 1. The molecule has 0 radical (unpaired) electrons. The van der Waals surface area contributed by atoms with Gasteiger partial charge in [-0.1, -0.05) is 0 Å². The zero-order valence-corrected chi connectivity index (χ0v) is 33.8. The third-order valence-electron chi connectivity index (χ3n) is 10.9. The fourth-order valence-corrected chi connectivity index (χ4v) is 8.19. The van der Waals surface area contributed by atoms with E-state index in [0.717, 1.165) is 6.92 Å². The second kappa shape index (κ2) is 22.2. The second-order valence-corrected chi connectivity index (χ2v) is 16.5. The van der Waals surface area contributed by atoms with Crippen LogP contribution < -0.4 is 5.32 Å². The molecular formula is C32H56NO29P. The molecule has 31 heteroatoms. The van der Waals surface area contributed by atoms with Crippen LogP contribution in [0.5, 0.6) is 0 Å². The van der Waals surface area contributed by atoms with E-state index >= 15 is 0 Å².